The third kappa shape index (κ3) is 4.49. The van der Waals surface area contributed by atoms with Crippen LogP contribution in [0.15, 0.2) is 29.2 Å². The molecule has 3 rings (SSSR count). The normalized spacial score (nSPS) is 13.6. The molecule has 1 aromatic heterocycles. The number of nitrogens with zero attached hydrogens (tertiary/aromatic N) is 1. The third-order valence-electron chi connectivity index (χ3n) is 5.16. The van der Waals surface area contributed by atoms with Crippen LogP contribution >= 0.6 is 11.3 Å². The number of nitrogens with one attached hydrogen (secondary N) is 1. The van der Waals surface area contributed by atoms with Crippen molar-refractivity contribution in [1.29, 1.82) is 0 Å². The van der Waals surface area contributed by atoms with Crippen LogP contribution in [0.2, 0.25) is 0 Å². The molecule has 1 aliphatic heterocycles. The van der Waals surface area contributed by atoms with Gasteiger partial charge in [0.15, 0.2) is 9.84 Å². The van der Waals surface area contributed by atoms with E-state index in [4.69, 9.17) is 4.74 Å². The predicted molar refractivity (Wildman–Crippen MR) is 117 cm³/mol. The standard InChI is InChI=1S/C21H24N2O6S2/c1-12(2)31(27,28)15-7-5-6-14(10-15)19(25)22-20-18(21(26)29-4)16-8-9-23(13(3)24)11-17(16)30-20/h5-7,10,12H,8-9,11H2,1-4H3,(H,22,25). The van der Waals surface area contributed by atoms with Crippen LogP contribution in [0, 0.1) is 0 Å². The Morgan fingerprint density at radius 2 is 1.94 bits per heavy atom. The Bertz CT molecular complexity index is 1150. The van der Waals surface area contributed by atoms with E-state index in [1.807, 2.05) is 0 Å². The largest absolute Gasteiger partial charge is 0.465 e. The number of sulfone groups is 1. The summed E-state index contributed by atoms with van der Waals surface area (Å²) in [7, 11) is -2.27. The molecule has 1 aliphatic rings. The summed E-state index contributed by atoms with van der Waals surface area (Å²) in [5, 5.41) is 2.43. The smallest absolute Gasteiger partial charge is 0.341 e. The fourth-order valence-electron chi connectivity index (χ4n) is 3.34. The second kappa shape index (κ2) is 8.80. The number of fused-ring (bicyclic) bond motifs is 1. The Labute approximate surface area is 185 Å². The lowest BCUT2D eigenvalue weighted by Crippen LogP contribution is -2.33. The summed E-state index contributed by atoms with van der Waals surface area (Å²) in [5.74, 6) is -1.17. The summed E-state index contributed by atoms with van der Waals surface area (Å²) in [6, 6.07) is 5.80. The summed E-state index contributed by atoms with van der Waals surface area (Å²) >= 11 is 1.22. The summed E-state index contributed by atoms with van der Waals surface area (Å²) in [4.78, 5) is 39.6. The van der Waals surface area contributed by atoms with Crippen molar-refractivity contribution in [1.82, 2.24) is 4.90 Å². The lowest BCUT2D eigenvalue weighted by molar-refractivity contribution is -0.129. The van der Waals surface area contributed by atoms with Gasteiger partial charge < -0.3 is 15.0 Å². The van der Waals surface area contributed by atoms with Crippen LogP contribution in [0.1, 0.15) is 51.9 Å². The minimum absolute atomic E-state index is 0.0610. The number of ether oxygens (including phenoxy) is 1. The Kier molecular flexibility index (Phi) is 6.51. The van der Waals surface area contributed by atoms with Crippen LogP contribution in [0.25, 0.3) is 0 Å². The molecule has 0 aliphatic carbocycles. The van der Waals surface area contributed by atoms with E-state index in [0.29, 0.717) is 24.5 Å². The van der Waals surface area contributed by atoms with Gasteiger partial charge in [0.05, 0.1) is 29.4 Å². The molecule has 0 radical (unpaired) electrons. The number of hydrogen-bond acceptors (Lipinski definition) is 7. The van der Waals surface area contributed by atoms with E-state index >= 15 is 0 Å². The molecule has 0 unspecified atom stereocenters. The molecular weight excluding hydrogens is 440 g/mol. The molecule has 2 amide bonds. The molecule has 10 heteroatoms. The molecule has 0 atom stereocenters. The zero-order chi connectivity index (χ0) is 22.9. The number of esters is 1. The average Bonchev–Trinajstić information content (AvgIpc) is 3.09. The van der Waals surface area contributed by atoms with Gasteiger partial charge in [-0.1, -0.05) is 6.07 Å². The first-order chi connectivity index (χ1) is 14.6. The Morgan fingerprint density at radius 1 is 1.23 bits per heavy atom. The van der Waals surface area contributed by atoms with Crippen molar-refractivity contribution < 1.29 is 27.5 Å². The zero-order valence-corrected chi connectivity index (χ0v) is 19.4. The Morgan fingerprint density at radius 3 is 2.55 bits per heavy atom. The van der Waals surface area contributed by atoms with Crippen LogP contribution in [0.5, 0.6) is 0 Å². The fourth-order valence-corrected chi connectivity index (χ4v) is 5.69. The average molecular weight is 465 g/mol. The second-order valence-electron chi connectivity index (χ2n) is 7.47. The van der Waals surface area contributed by atoms with Gasteiger partial charge >= 0.3 is 5.97 Å². The van der Waals surface area contributed by atoms with Crippen molar-refractivity contribution in [2.75, 3.05) is 19.0 Å². The van der Waals surface area contributed by atoms with Crippen molar-refractivity contribution in [3.8, 4) is 0 Å². The van der Waals surface area contributed by atoms with E-state index in [1.165, 1.54) is 49.6 Å². The lowest BCUT2D eigenvalue weighted by Gasteiger charge is -2.25. The fraction of sp³-hybridized carbons (Fsp3) is 0.381. The maximum absolute atomic E-state index is 12.9. The Hall–Kier alpha value is -2.72. The zero-order valence-electron chi connectivity index (χ0n) is 17.7. The van der Waals surface area contributed by atoms with Gasteiger partial charge in [-0.15, -0.1) is 11.3 Å². The van der Waals surface area contributed by atoms with Crippen LogP contribution < -0.4 is 5.32 Å². The lowest BCUT2D eigenvalue weighted by atomic mass is 10.0. The molecule has 0 spiro atoms. The van der Waals surface area contributed by atoms with E-state index < -0.39 is 27.0 Å². The van der Waals surface area contributed by atoms with Crippen molar-refractivity contribution >= 4 is 44.0 Å². The number of thiophene rings is 1. The number of rotatable bonds is 5. The predicted octanol–water partition coefficient (Wildman–Crippen LogP) is 2.87. The molecule has 0 fully saturated rings. The van der Waals surface area contributed by atoms with Gasteiger partial charge in [-0.05, 0) is 44.0 Å². The molecule has 1 aromatic carbocycles. The first-order valence-corrected chi connectivity index (χ1v) is 12.1. The molecule has 8 nitrogen and oxygen atoms in total. The molecule has 0 saturated heterocycles. The van der Waals surface area contributed by atoms with Gasteiger partial charge in [-0.2, -0.15) is 0 Å². The number of benzene rings is 1. The summed E-state index contributed by atoms with van der Waals surface area (Å²) in [6.07, 6.45) is 0.480. The van der Waals surface area contributed by atoms with E-state index in [-0.39, 0.29) is 21.9 Å². The molecule has 1 N–H and O–H groups in total. The van der Waals surface area contributed by atoms with Crippen LogP contribution in [0.4, 0.5) is 5.00 Å². The number of amides is 2. The number of carbonyl (C=O) groups is 3. The highest BCUT2D eigenvalue weighted by molar-refractivity contribution is 7.92. The van der Waals surface area contributed by atoms with Gasteiger partial charge in [0.1, 0.15) is 5.00 Å². The van der Waals surface area contributed by atoms with Gasteiger partial charge in [-0.25, -0.2) is 13.2 Å². The number of methoxy groups -OCH3 is 1. The van der Waals surface area contributed by atoms with Crippen LogP contribution in [-0.2, 0) is 32.3 Å². The van der Waals surface area contributed by atoms with Crippen molar-refractivity contribution in [2.24, 2.45) is 0 Å². The second-order valence-corrected chi connectivity index (χ2v) is 11.1. The number of anilines is 1. The third-order valence-corrected chi connectivity index (χ3v) is 8.45. The van der Waals surface area contributed by atoms with Gasteiger partial charge in [-0.3, -0.25) is 9.59 Å². The van der Waals surface area contributed by atoms with E-state index in [9.17, 15) is 22.8 Å². The maximum Gasteiger partial charge on any atom is 0.341 e. The number of carbonyl (C=O) groups excluding carboxylic acids is 3. The van der Waals surface area contributed by atoms with Gasteiger partial charge in [0.25, 0.3) is 5.91 Å². The first kappa shape index (κ1) is 23.0. The quantitative estimate of drug-likeness (QED) is 0.682. The molecule has 2 heterocycles. The van der Waals surface area contributed by atoms with E-state index in [0.717, 1.165) is 10.4 Å². The van der Waals surface area contributed by atoms with Crippen LogP contribution in [-0.4, -0.2) is 50.0 Å². The highest BCUT2D eigenvalue weighted by Gasteiger charge is 2.30. The molecule has 31 heavy (non-hydrogen) atoms. The first-order valence-electron chi connectivity index (χ1n) is 9.70. The molecule has 0 bridgehead atoms. The SMILES string of the molecule is COC(=O)c1c(NC(=O)c2cccc(S(=O)(=O)C(C)C)c2)sc2c1CCN(C(C)=O)C2. The van der Waals surface area contributed by atoms with E-state index in [2.05, 4.69) is 5.32 Å². The minimum atomic E-state index is -3.54. The number of hydrogen-bond donors (Lipinski definition) is 1. The minimum Gasteiger partial charge on any atom is -0.465 e. The molecule has 2 aromatic rings. The molecule has 166 valence electrons. The summed E-state index contributed by atoms with van der Waals surface area (Å²) in [6.45, 7) is 5.47. The molecular formula is C21H24N2O6S2. The monoisotopic (exact) mass is 464 g/mol. The van der Waals surface area contributed by atoms with Crippen LogP contribution in [0.3, 0.4) is 0 Å². The Balaban J connectivity index is 1.95. The van der Waals surface area contributed by atoms with Crippen molar-refractivity contribution in [3.05, 3.63) is 45.8 Å². The topological polar surface area (TPSA) is 110 Å². The van der Waals surface area contributed by atoms with Crippen molar-refractivity contribution in [2.45, 2.75) is 43.9 Å². The van der Waals surface area contributed by atoms with Crippen molar-refractivity contribution in [3.63, 3.8) is 0 Å². The molecule has 0 saturated carbocycles. The highest BCUT2D eigenvalue weighted by atomic mass is 32.2. The maximum atomic E-state index is 12.9. The van der Waals surface area contributed by atoms with Gasteiger partial charge in [0, 0.05) is 23.9 Å². The highest BCUT2D eigenvalue weighted by Crippen LogP contribution is 2.38. The summed E-state index contributed by atoms with van der Waals surface area (Å²) < 4.78 is 29.8. The van der Waals surface area contributed by atoms with Gasteiger partial charge in [0.2, 0.25) is 5.91 Å². The summed E-state index contributed by atoms with van der Waals surface area (Å²) in [5.41, 5.74) is 1.21. The van der Waals surface area contributed by atoms with E-state index in [1.54, 1.807) is 18.7 Å².